The van der Waals surface area contributed by atoms with Crippen LogP contribution in [-0.4, -0.2) is 12.1 Å². The third-order valence-corrected chi connectivity index (χ3v) is 5.43. The van der Waals surface area contributed by atoms with Crippen molar-refractivity contribution in [2.75, 3.05) is 11.4 Å². The highest BCUT2D eigenvalue weighted by atomic mass is 79.9. The Bertz CT molecular complexity index is 928. The molecular weight excluding hydrogens is 384 g/mol. The molecule has 0 atom stereocenters. The van der Waals surface area contributed by atoms with Crippen LogP contribution in [-0.2, 0) is 0 Å². The van der Waals surface area contributed by atoms with Gasteiger partial charge in [0.05, 0.1) is 17.2 Å². The van der Waals surface area contributed by atoms with E-state index in [2.05, 4.69) is 78.9 Å². The number of halogens is 1. The number of hydrogen-bond acceptors (Lipinski definition) is 2. The Hall–Kier alpha value is -2.31. The standard InChI is InChI=1S/C23H23BrN2/c1-5-26-22-11-6-17(13-21(22)16(2)14-23(26,3)4)12-19(15-25)18-7-9-20(24)10-8-18/h6-14H,5H2,1-4H3/b19-12+. The largest absolute Gasteiger partial charge is 0.363 e. The minimum Gasteiger partial charge on any atom is -0.363 e. The predicted molar refractivity (Wildman–Crippen MR) is 115 cm³/mol. The van der Waals surface area contributed by atoms with Gasteiger partial charge in [-0.25, -0.2) is 0 Å². The van der Waals surface area contributed by atoms with Crippen LogP contribution in [0.5, 0.6) is 0 Å². The first-order valence-corrected chi connectivity index (χ1v) is 9.64. The molecular formula is C23H23BrN2. The molecule has 2 aromatic carbocycles. The van der Waals surface area contributed by atoms with E-state index in [1.54, 1.807) is 0 Å². The lowest BCUT2D eigenvalue weighted by Gasteiger charge is -2.42. The molecule has 1 aliphatic rings. The minimum atomic E-state index is 0.0123. The maximum atomic E-state index is 9.60. The normalized spacial score (nSPS) is 15.9. The van der Waals surface area contributed by atoms with Gasteiger partial charge in [-0.3, -0.25) is 0 Å². The van der Waals surface area contributed by atoms with E-state index < -0.39 is 0 Å². The molecule has 0 saturated heterocycles. The van der Waals surface area contributed by atoms with Crippen molar-refractivity contribution >= 4 is 38.8 Å². The van der Waals surface area contributed by atoms with Crippen molar-refractivity contribution in [3.8, 4) is 6.07 Å². The Balaban J connectivity index is 2.05. The molecule has 26 heavy (non-hydrogen) atoms. The van der Waals surface area contributed by atoms with E-state index in [0.29, 0.717) is 5.57 Å². The summed E-state index contributed by atoms with van der Waals surface area (Å²) >= 11 is 3.44. The molecule has 132 valence electrons. The molecule has 0 amide bonds. The maximum Gasteiger partial charge on any atom is 0.0998 e. The van der Waals surface area contributed by atoms with Gasteiger partial charge in [0.25, 0.3) is 0 Å². The zero-order chi connectivity index (χ0) is 18.9. The average Bonchev–Trinajstić information content (AvgIpc) is 2.60. The van der Waals surface area contributed by atoms with Crippen molar-refractivity contribution in [3.05, 3.63) is 69.7 Å². The van der Waals surface area contributed by atoms with Gasteiger partial charge < -0.3 is 4.90 Å². The highest BCUT2D eigenvalue weighted by Gasteiger charge is 2.29. The highest BCUT2D eigenvalue weighted by molar-refractivity contribution is 9.10. The van der Waals surface area contributed by atoms with Gasteiger partial charge >= 0.3 is 0 Å². The molecule has 0 saturated carbocycles. The lowest BCUT2D eigenvalue weighted by atomic mass is 9.88. The fourth-order valence-electron chi connectivity index (χ4n) is 3.74. The average molecular weight is 407 g/mol. The monoisotopic (exact) mass is 406 g/mol. The molecule has 3 rings (SSSR count). The lowest BCUT2D eigenvalue weighted by molar-refractivity contribution is 0.566. The van der Waals surface area contributed by atoms with Gasteiger partial charge in [0.15, 0.2) is 0 Å². The molecule has 1 aliphatic heterocycles. The second-order valence-electron chi connectivity index (χ2n) is 7.18. The Morgan fingerprint density at radius 3 is 2.50 bits per heavy atom. The van der Waals surface area contributed by atoms with Crippen LogP contribution in [0.2, 0.25) is 0 Å². The van der Waals surface area contributed by atoms with Crippen LogP contribution in [0.25, 0.3) is 17.2 Å². The summed E-state index contributed by atoms with van der Waals surface area (Å²) in [4.78, 5) is 2.42. The van der Waals surface area contributed by atoms with E-state index in [0.717, 1.165) is 22.1 Å². The summed E-state index contributed by atoms with van der Waals surface area (Å²) in [5, 5.41) is 9.60. The van der Waals surface area contributed by atoms with Gasteiger partial charge in [0, 0.05) is 22.3 Å². The van der Waals surface area contributed by atoms with E-state index in [1.165, 1.54) is 16.8 Å². The first-order chi connectivity index (χ1) is 12.4. The molecule has 0 N–H and O–H groups in total. The molecule has 0 aromatic heterocycles. The van der Waals surface area contributed by atoms with Crippen LogP contribution in [0, 0.1) is 11.3 Å². The molecule has 3 heteroatoms. The second-order valence-corrected chi connectivity index (χ2v) is 8.09. The van der Waals surface area contributed by atoms with Gasteiger partial charge in [-0.1, -0.05) is 40.2 Å². The van der Waals surface area contributed by atoms with E-state index in [1.807, 2.05) is 30.3 Å². The SMILES string of the molecule is CCN1c2ccc(/C=C(\C#N)c3ccc(Br)cc3)cc2C(C)=CC1(C)C. The van der Waals surface area contributed by atoms with Gasteiger partial charge in [-0.2, -0.15) is 5.26 Å². The van der Waals surface area contributed by atoms with Crippen LogP contribution in [0.3, 0.4) is 0 Å². The first-order valence-electron chi connectivity index (χ1n) is 8.85. The van der Waals surface area contributed by atoms with E-state index >= 15 is 0 Å². The van der Waals surface area contributed by atoms with Crippen molar-refractivity contribution in [1.29, 1.82) is 5.26 Å². The summed E-state index contributed by atoms with van der Waals surface area (Å²) < 4.78 is 1.01. The number of rotatable bonds is 3. The molecule has 0 fully saturated rings. The van der Waals surface area contributed by atoms with Crippen molar-refractivity contribution < 1.29 is 0 Å². The number of allylic oxidation sites excluding steroid dienone is 2. The number of likely N-dealkylation sites (N-methyl/N-ethyl adjacent to an activating group) is 1. The van der Waals surface area contributed by atoms with E-state index in [9.17, 15) is 5.26 Å². The summed E-state index contributed by atoms with van der Waals surface area (Å²) in [6.45, 7) is 9.81. The molecule has 1 heterocycles. The van der Waals surface area contributed by atoms with E-state index in [-0.39, 0.29) is 5.54 Å². The van der Waals surface area contributed by atoms with Crippen LogP contribution >= 0.6 is 15.9 Å². The Kier molecular flexibility index (Phi) is 5.07. The van der Waals surface area contributed by atoms with Gasteiger partial charge in [-0.15, -0.1) is 0 Å². The fraction of sp³-hybridized carbons (Fsp3) is 0.261. The summed E-state index contributed by atoms with van der Waals surface area (Å²) in [5.41, 5.74) is 6.45. The number of hydrogen-bond donors (Lipinski definition) is 0. The Morgan fingerprint density at radius 2 is 1.88 bits per heavy atom. The summed E-state index contributed by atoms with van der Waals surface area (Å²) in [6, 6.07) is 16.6. The number of anilines is 1. The molecule has 2 nitrogen and oxygen atoms in total. The smallest absolute Gasteiger partial charge is 0.0998 e. The Labute approximate surface area is 164 Å². The van der Waals surface area contributed by atoms with Gasteiger partial charge in [-0.05, 0) is 74.7 Å². The number of fused-ring (bicyclic) bond motifs is 1. The molecule has 0 bridgehead atoms. The zero-order valence-corrected chi connectivity index (χ0v) is 17.3. The van der Waals surface area contributed by atoms with Crippen LogP contribution in [0.1, 0.15) is 44.4 Å². The number of nitriles is 1. The summed E-state index contributed by atoms with van der Waals surface area (Å²) in [5.74, 6) is 0. The molecule has 0 unspecified atom stereocenters. The van der Waals surface area contributed by atoms with Crippen molar-refractivity contribution in [2.24, 2.45) is 0 Å². The number of nitrogens with zero attached hydrogens (tertiary/aromatic N) is 2. The fourth-order valence-corrected chi connectivity index (χ4v) is 4.01. The maximum absolute atomic E-state index is 9.60. The van der Waals surface area contributed by atoms with Gasteiger partial charge in [0.1, 0.15) is 0 Å². The zero-order valence-electron chi connectivity index (χ0n) is 15.7. The van der Waals surface area contributed by atoms with Crippen LogP contribution in [0.4, 0.5) is 5.69 Å². The summed E-state index contributed by atoms with van der Waals surface area (Å²) in [7, 11) is 0. The van der Waals surface area contributed by atoms with Gasteiger partial charge in [0.2, 0.25) is 0 Å². The quantitative estimate of drug-likeness (QED) is 0.427. The second kappa shape index (κ2) is 7.13. The third kappa shape index (κ3) is 3.48. The minimum absolute atomic E-state index is 0.0123. The van der Waals surface area contributed by atoms with Crippen LogP contribution < -0.4 is 4.90 Å². The van der Waals surface area contributed by atoms with Crippen molar-refractivity contribution in [2.45, 2.75) is 33.2 Å². The van der Waals surface area contributed by atoms with Crippen LogP contribution in [0.15, 0.2) is 53.0 Å². The molecule has 2 aromatic rings. The summed E-state index contributed by atoms with van der Waals surface area (Å²) in [6.07, 6.45) is 4.29. The molecule has 0 spiro atoms. The highest BCUT2D eigenvalue weighted by Crippen LogP contribution is 2.39. The number of benzene rings is 2. The van der Waals surface area contributed by atoms with Crippen molar-refractivity contribution in [3.63, 3.8) is 0 Å². The third-order valence-electron chi connectivity index (χ3n) is 4.90. The first kappa shape index (κ1) is 18.5. The Morgan fingerprint density at radius 1 is 1.19 bits per heavy atom. The van der Waals surface area contributed by atoms with Crippen molar-refractivity contribution in [1.82, 2.24) is 0 Å². The molecule has 0 aliphatic carbocycles. The topological polar surface area (TPSA) is 27.0 Å². The van der Waals surface area contributed by atoms with E-state index in [4.69, 9.17) is 0 Å². The molecule has 0 radical (unpaired) electrons. The predicted octanol–water partition coefficient (Wildman–Crippen LogP) is 6.54. The lowest BCUT2D eigenvalue weighted by Crippen LogP contribution is -2.44.